The second kappa shape index (κ2) is 13.1. The van der Waals surface area contributed by atoms with Crippen LogP contribution in [0.15, 0.2) is 70.2 Å². The Labute approximate surface area is 221 Å². The van der Waals surface area contributed by atoms with Gasteiger partial charge in [-0.3, -0.25) is 9.59 Å². The third-order valence-corrected chi connectivity index (χ3v) is 5.92. The molecule has 0 aliphatic heterocycles. The molecule has 35 heavy (non-hydrogen) atoms. The molecule has 182 valence electrons. The molecule has 0 unspecified atom stereocenters. The molecule has 0 atom stereocenters. The van der Waals surface area contributed by atoms with Gasteiger partial charge in [0, 0.05) is 28.5 Å². The molecule has 0 bridgehead atoms. The molecule has 2 amide bonds. The minimum atomic E-state index is -0.379. The van der Waals surface area contributed by atoms with Crippen LogP contribution in [0.1, 0.15) is 24.0 Å². The summed E-state index contributed by atoms with van der Waals surface area (Å²) in [6.45, 7) is 0.280. The summed E-state index contributed by atoms with van der Waals surface area (Å²) in [7, 11) is 1.52. The first-order valence-electron chi connectivity index (χ1n) is 10.5. The van der Waals surface area contributed by atoms with Crippen molar-refractivity contribution < 1.29 is 19.1 Å². The Bertz CT molecular complexity index is 1240. The molecule has 0 fully saturated rings. The average Bonchev–Trinajstić information content (AvgIpc) is 2.83. The first-order valence-corrected chi connectivity index (χ1v) is 12.0. The van der Waals surface area contributed by atoms with Crippen LogP contribution in [0.4, 0.5) is 5.69 Å². The predicted octanol–water partition coefficient (Wildman–Crippen LogP) is 6.21. The summed E-state index contributed by atoms with van der Waals surface area (Å²) in [4.78, 5) is 24.1. The number of ether oxygens (including phenoxy) is 2. The highest BCUT2D eigenvalue weighted by Gasteiger charge is 2.10. The Hall–Kier alpha value is -3.07. The number of carbonyl (C=O) groups excluding carboxylic acids is 2. The van der Waals surface area contributed by atoms with E-state index in [2.05, 4.69) is 31.8 Å². The number of hydrogen-bond donors (Lipinski definition) is 2. The highest BCUT2D eigenvalue weighted by molar-refractivity contribution is 9.10. The molecule has 10 heteroatoms. The molecular weight excluding hydrogens is 557 g/mol. The van der Waals surface area contributed by atoms with Crippen molar-refractivity contribution in [1.29, 1.82) is 0 Å². The molecule has 0 saturated heterocycles. The van der Waals surface area contributed by atoms with E-state index in [1.54, 1.807) is 54.6 Å². The van der Waals surface area contributed by atoms with Crippen LogP contribution in [0.5, 0.6) is 11.5 Å². The topological polar surface area (TPSA) is 89.0 Å². The molecule has 0 heterocycles. The summed E-state index contributed by atoms with van der Waals surface area (Å²) in [5.41, 5.74) is 4.52. The van der Waals surface area contributed by atoms with Gasteiger partial charge >= 0.3 is 0 Å². The molecule has 0 aliphatic rings. The van der Waals surface area contributed by atoms with Crippen molar-refractivity contribution in [2.45, 2.75) is 19.4 Å². The van der Waals surface area contributed by atoms with Crippen molar-refractivity contribution >= 4 is 62.8 Å². The molecule has 0 radical (unpaired) electrons. The van der Waals surface area contributed by atoms with Crippen LogP contribution in [0.25, 0.3) is 0 Å². The fourth-order valence-electron chi connectivity index (χ4n) is 2.93. The molecule has 0 aromatic heterocycles. The first-order chi connectivity index (χ1) is 16.9. The SMILES string of the molecule is COc1ccccc1NC(=O)CCC(=O)NN=Cc1ccc(OCc2ccc(Cl)cc2Cl)c(Br)c1. The van der Waals surface area contributed by atoms with E-state index in [9.17, 15) is 9.59 Å². The standard InChI is InChI=1S/C25H22BrCl2N3O4/c1-34-23-5-3-2-4-21(23)30-24(32)10-11-25(33)31-29-14-16-6-9-22(19(26)12-16)35-15-17-7-8-18(27)13-20(17)28/h2-9,12-14H,10-11,15H2,1H3,(H,30,32)(H,31,33). The molecule has 3 aromatic carbocycles. The van der Waals surface area contributed by atoms with E-state index in [-0.39, 0.29) is 31.3 Å². The zero-order valence-electron chi connectivity index (χ0n) is 18.7. The second-order valence-electron chi connectivity index (χ2n) is 7.26. The molecule has 0 saturated carbocycles. The van der Waals surface area contributed by atoms with E-state index >= 15 is 0 Å². The molecule has 3 aromatic rings. The van der Waals surface area contributed by atoms with Crippen LogP contribution in [-0.4, -0.2) is 25.1 Å². The molecular formula is C25H22BrCl2N3O4. The first kappa shape index (κ1) is 26.5. The predicted molar refractivity (Wildman–Crippen MR) is 142 cm³/mol. The van der Waals surface area contributed by atoms with Gasteiger partial charge in [-0.1, -0.05) is 41.4 Å². The number of hydrogen-bond acceptors (Lipinski definition) is 5. The Balaban J connectivity index is 1.45. The lowest BCUT2D eigenvalue weighted by molar-refractivity contribution is -0.124. The highest BCUT2D eigenvalue weighted by atomic mass is 79.9. The van der Waals surface area contributed by atoms with Crippen molar-refractivity contribution in [2.75, 3.05) is 12.4 Å². The third kappa shape index (κ3) is 8.28. The Morgan fingerprint density at radius 3 is 2.51 bits per heavy atom. The lowest BCUT2D eigenvalue weighted by Gasteiger charge is -2.10. The van der Waals surface area contributed by atoms with Crippen LogP contribution in [-0.2, 0) is 16.2 Å². The van der Waals surface area contributed by atoms with Gasteiger partial charge in [0.05, 0.1) is 23.5 Å². The average molecular weight is 579 g/mol. The van der Waals surface area contributed by atoms with E-state index in [1.165, 1.54) is 13.3 Å². The monoisotopic (exact) mass is 577 g/mol. The quantitative estimate of drug-likeness (QED) is 0.221. The van der Waals surface area contributed by atoms with Gasteiger partial charge in [0.2, 0.25) is 11.8 Å². The second-order valence-corrected chi connectivity index (χ2v) is 8.95. The van der Waals surface area contributed by atoms with Crippen molar-refractivity contribution in [3.8, 4) is 11.5 Å². The Kier molecular flexibility index (Phi) is 9.96. The minimum Gasteiger partial charge on any atom is -0.495 e. The van der Waals surface area contributed by atoms with Crippen molar-refractivity contribution in [1.82, 2.24) is 5.43 Å². The van der Waals surface area contributed by atoms with E-state index in [0.717, 1.165) is 11.1 Å². The van der Waals surface area contributed by atoms with Gasteiger partial charge in [0.1, 0.15) is 18.1 Å². The summed E-state index contributed by atoms with van der Waals surface area (Å²) in [5, 5.41) is 7.77. The number of halogens is 3. The fourth-order valence-corrected chi connectivity index (χ4v) is 3.91. The minimum absolute atomic E-state index is 0.00855. The number of rotatable bonds is 10. The fraction of sp³-hybridized carbons (Fsp3) is 0.160. The summed E-state index contributed by atoms with van der Waals surface area (Å²) >= 11 is 15.6. The van der Waals surface area contributed by atoms with Gasteiger partial charge in [0.25, 0.3) is 0 Å². The number of methoxy groups -OCH3 is 1. The Morgan fingerprint density at radius 2 is 1.77 bits per heavy atom. The number of anilines is 1. The van der Waals surface area contributed by atoms with Crippen LogP contribution >= 0.6 is 39.1 Å². The molecule has 3 rings (SSSR count). The van der Waals surface area contributed by atoms with Crippen molar-refractivity contribution in [2.24, 2.45) is 5.10 Å². The zero-order valence-corrected chi connectivity index (χ0v) is 21.8. The number of para-hydroxylation sites is 2. The number of carbonyl (C=O) groups is 2. The number of nitrogens with zero attached hydrogens (tertiary/aromatic N) is 1. The lowest BCUT2D eigenvalue weighted by Crippen LogP contribution is -2.20. The van der Waals surface area contributed by atoms with Crippen LogP contribution < -0.4 is 20.2 Å². The number of nitrogens with one attached hydrogen (secondary N) is 2. The lowest BCUT2D eigenvalue weighted by atomic mass is 10.2. The van der Waals surface area contributed by atoms with Crippen molar-refractivity contribution in [3.05, 3.63) is 86.3 Å². The number of hydrazone groups is 1. The highest BCUT2D eigenvalue weighted by Crippen LogP contribution is 2.28. The molecule has 2 N–H and O–H groups in total. The van der Waals surface area contributed by atoms with Gasteiger partial charge in [-0.05, 0) is 64.0 Å². The summed E-state index contributed by atoms with van der Waals surface area (Å²) in [5.74, 6) is 0.493. The van der Waals surface area contributed by atoms with Gasteiger partial charge in [-0.25, -0.2) is 5.43 Å². The largest absolute Gasteiger partial charge is 0.495 e. The normalized spacial score (nSPS) is 10.7. The maximum absolute atomic E-state index is 12.1. The van der Waals surface area contributed by atoms with Crippen LogP contribution in [0, 0.1) is 0 Å². The molecule has 0 aliphatic carbocycles. The molecule has 7 nitrogen and oxygen atoms in total. The van der Waals surface area contributed by atoms with E-state index in [0.29, 0.717) is 31.7 Å². The third-order valence-electron chi connectivity index (χ3n) is 4.72. The van der Waals surface area contributed by atoms with E-state index < -0.39 is 0 Å². The number of amides is 2. The maximum Gasteiger partial charge on any atom is 0.240 e. The Morgan fingerprint density at radius 1 is 1.00 bits per heavy atom. The molecule has 0 spiro atoms. The smallest absolute Gasteiger partial charge is 0.240 e. The van der Waals surface area contributed by atoms with E-state index in [1.807, 2.05) is 6.07 Å². The van der Waals surface area contributed by atoms with Crippen LogP contribution in [0.2, 0.25) is 10.0 Å². The van der Waals surface area contributed by atoms with Crippen LogP contribution in [0.3, 0.4) is 0 Å². The zero-order chi connectivity index (χ0) is 25.2. The maximum atomic E-state index is 12.1. The number of benzene rings is 3. The van der Waals surface area contributed by atoms with Gasteiger partial charge in [0.15, 0.2) is 0 Å². The summed E-state index contributed by atoms with van der Waals surface area (Å²) in [6, 6.07) is 17.6. The van der Waals surface area contributed by atoms with Gasteiger partial charge in [-0.15, -0.1) is 0 Å². The summed E-state index contributed by atoms with van der Waals surface area (Å²) in [6.07, 6.45) is 1.49. The summed E-state index contributed by atoms with van der Waals surface area (Å²) < 4.78 is 11.7. The van der Waals surface area contributed by atoms with Gasteiger partial charge in [-0.2, -0.15) is 5.10 Å². The van der Waals surface area contributed by atoms with Gasteiger partial charge < -0.3 is 14.8 Å². The van der Waals surface area contributed by atoms with E-state index in [4.69, 9.17) is 32.7 Å². The van der Waals surface area contributed by atoms with Crippen molar-refractivity contribution in [3.63, 3.8) is 0 Å².